The molecular weight excluding hydrogens is 362 g/mol. The summed E-state index contributed by atoms with van der Waals surface area (Å²) in [6, 6.07) is 19.5. The summed E-state index contributed by atoms with van der Waals surface area (Å²) in [5.41, 5.74) is 3.69. The number of pyridine rings is 1. The van der Waals surface area contributed by atoms with Gasteiger partial charge >= 0.3 is 0 Å². The van der Waals surface area contributed by atoms with E-state index in [0.29, 0.717) is 12.1 Å². The predicted molar refractivity (Wildman–Crippen MR) is 101 cm³/mol. The van der Waals surface area contributed by atoms with E-state index >= 15 is 0 Å². The van der Waals surface area contributed by atoms with Gasteiger partial charge in [-0.25, -0.2) is 8.42 Å². The molecule has 0 saturated carbocycles. The van der Waals surface area contributed by atoms with Crippen LogP contribution in [-0.2, 0) is 10.1 Å². The summed E-state index contributed by atoms with van der Waals surface area (Å²) in [4.78, 5) is 3.95. The second kappa shape index (κ2) is 6.94. The second-order valence-electron chi connectivity index (χ2n) is 6.21. The van der Waals surface area contributed by atoms with E-state index in [1.807, 2.05) is 47.5 Å². The van der Waals surface area contributed by atoms with E-state index in [1.165, 1.54) is 12.1 Å². The van der Waals surface area contributed by atoms with E-state index in [9.17, 15) is 13.0 Å². The van der Waals surface area contributed by atoms with Crippen molar-refractivity contribution in [3.8, 4) is 0 Å². The van der Waals surface area contributed by atoms with Gasteiger partial charge in [-0.2, -0.15) is 5.10 Å². The van der Waals surface area contributed by atoms with Gasteiger partial charge in [-0.1, -0.05) is 36.4 Å². The summed E-state index contributed by atoms with van der Waals surface area (Å²) < 4.78 is 33.6. The molecule has 1 unspecified atom stereocenters. The largest absolute Gasteiger partial charge is 0.744 e. The molecule has 0 spiro atoms. The standard InChI is InChI=1S/C20H17N3O3S/c24-27(25,26)18-10-8-17(9-11-18)23-20(16-7-4-12-21-14-16)13-19(22-23)15-5-2-1-3-6-15/h1-12,14,20H,13H2,(H,24,25,26)/p-1. The van der Waals surface area contributed by atoms with Gasteiger partial charge in [-0.15, -0.1) is 0 Å². The molecule has 0 bridgehead atoms. The number of hydrogen-bond acceptors (Lipinski definition) is 6. The molecule has 7 heteroatoms. The maximum Gasteiger partial charge on any atom is 0.124 e. The van der Waals surface area contributed by atoms with Crippen molar-refractivity contribution in [2.45, 2.75) is 17.4 Å². The summed E-state index contributed by atoms with van der Waals surface area (Å²) in [7, 11) is -4.48. The average molecular weight is 378 g/mol. The molecule has 27 heavy (non-hydrogen) atoms. The first-order valence-corrected chi connectivity index (χ1v) is 9.81. The van der Waals surface area contributed by atoms with Crippen molar-refractivity contribution in [1.82, 2.24) is 4.98 Å². The van der Waals surface area contributed by atoms with Crippen molar-refractivity contribution in [2.75, 3.05) is 5.01 Å². The average Bonchev–Trinajstić information content (AvgIpc) is 3.14. The smallest absolute Gasteiger partial charge is 0.124 e. The zero-order valence-corrected chi connectivity index (χ0v) is 15.1. The quantitative estimate of drug-likeness (QED) is 0.650. The van der Waals surface area contributed by atoms with Gasteiger partial charge in [-0.3, -0.25) is 9.99 Å². The van der Waals surface area contributed by atoms with E-state index in [4.69, 9.17) is 5.10 Å². The topological polar surface area (TPSA) is 85.7 Å². The molecular formula is C20H16N3O3S-. The Bertz CT molecular complexity index is 1070. The number of nitrogens with zero attached hydrogens (tertiary/aromatic N) is 3. The summed E-state index contributed by atoms with van der Waals surface area (Å²) in [6.45, 7) is 0. The molecule has 6 nitrogen and oxygen atoms in total. The van der Waals surface area contributed by atoms with Gasteiger partial charge in [0.05, 0.1) is 22.3 Å². The molecule has 4 rings (SSSR count). The Hall–Kier alpha value is -3.03. The molecule has 136 valence electrons. The van der Waals surface area contributed by atoms with Crippen LogP contribution in [0.5, 0.6) is 0 Å². The lowest BCUT2D eigenvalue weighted by Gasteiger charge is -2.24. The van der Waals surface area contributed by atoms with Crippen LogP contribution in [-0.4, -0.2) is 23.7 Å². The number of hydrogen-bond donors (Lipinski definition) is 0. The second-order valence-corrected chi connectivity index (χ2v) is 7.59. The molecule has 3 aromatic rings. The maximum absolute atomic E-state index is 11.2. The molecule has 0 fully saturated rings. The first kappa shape index (κ1) is 17.4. The Morgan fingerprint density at radius 2 is 1.70 bits per heavy atom. The van der Waals surface area contributed by atoms with E-state index in [2.05, 4.69) is 4.98 Å². The van der Waals surface area contributed by atoms with Crippen LogP contribution in [0.3, 0.4) is 0 Å². The van der Waals surface area contributed by atoms with E-state index in [0.717, 1.165) is 16.8 Å². The Labute approximate surface area is 157 Å². The van der Waals surface area contributed by atoms with E-state index in [1.54, 1.807) is 24.5 Å². The number of rotatable bonds is 4. The third-order valence-electron chi connectivity index (χ3n) is 4.48. The van der Waals surface area contributed by atoms with E-state index < -0.39 is 10.1 Å². The van der Waals surface area contributed by atoms with Gasteiger partial charge in [0.2, 0.25) is 0 Å². The zero-order chi connectivity index (χ0) is 18.9. The van der Waals surface area contributed by atoms with Crippen LogP contribution in [0.25, 0.3) is 0 Å². The van der Waals surface area contributed by atoms with Crippen molar-refractivity contribution in [2.24, 2.45) is 5.10 Å². The first-order chi connectivity index (χ1) is 13.0. The fourth-order valence-electron chi connectivity index (χ4n) is 3.15. The van der Waals surface area contributed by atoms with Gasteiger partial charge < -0.3 is 4.55 Å². The lowest BCUT2D eigenvalue weighted by atomic mass is 9.99. The Balaban J connectivity index is 1.74. The lowest BCUT2D eigenvalue weighted by molar-refractivity contribution is 0.463. The van der Waals surface area contributed by atoms with Gasteiger partial charge in [0.15, 0.2) is 0 Å². The number of anilines is 1. The lowest BCUT2D eigenvalue weighted by Crippen LogP contribution is -2.18. The van der Waals surface area contributed by atoms with Gasteiger partial charge in [0.1, 0.15) is 10.1 Å². The third-order valence-corrected chi connectivity index (χ3v) is 5.33. The fourth-order valence-corrected chi connectivity index (χ4v) is 3.62. The first-order valence-electron chi connectivity index (χ1n) is 8.40. The molecule has 1 atom stereocenters. The Morgan fingerprint density at radius 3 is 2.33 bits per heavy atom. The van der Waals surface area contributed by atoms with Gasteiger partial charge in [0.25, 0.3) is 0 Å². The summed E-state index contributed by atoms with van der Waals surface area (Å²) in [6.07, 6.45) is 4.21. The van der Waals surface area contributed by atoms with Crippen molar-refractivity contribution >= 4 is 21.5 Å². The molecule has 2 heterocycles. The summed E-state index contributed by atoms with van der Waals surface area (Å²) >= 11 is 0. The van der Waals surface area contributed by atoms with Crippen LogP contribution in [0.1, 0.15) is 23.6 Å². The highest BCUT2D eigenvalue weighted by Crippen LogP contribution is 2.36. The minimum atomic E-state index is -4.48. The van der Waals surface area contributed by atoms with E-state index in [-0.39, 0.29) is 10.9 Å². The number of benzene rings is 2. The summed E-state index contributed by atoms with van der Waals surface area (Å²) in [5.74, 6) is 0. The Morgan fingerprint density at radius 1 is 0.963 bits per heavy atom. The third kappa shape index (κ3) is 3.60. The molecule has 0 amide bonds. The highest BCUT2D eigenvalue weighted by Gasteiger charge is 2.30. The molecule has 0 aliphatic carbocycles. The van der Waals surface area contributed by atoms with Crippen LogP contribution in [0.4, 0.5) is 5.69 Å². The minimum Gasteiger partial charge on any atom is -0.744 e. The van der Waals surface area contributed by atoms with Crippen LogP contribution >= 0.6 is 0 Å². The molecule has 0 radical (unpaired) electrons. The van der Waals surface area contributed by atoms with Gasteiger partial charge in [-0.05, 0) is 41.5 Å². The minimum absolute atomic E-state index is 0.0661. The van der Waals surface area contributed by atoms with Crippen molar-refractivity contribution < 1.29 is 13.0 Å². The monoisotopic (exact) mass is 378 g/mol. The van der Waals surface area contributed by atoms with Crippen molar-refractivity contribution in [3.63, 3.8) is 0 Å². The number of hydrazone groups is 1. The SMILES string of the molecule is O=S(=O)([O-])c1ccc(N2N=C(c3ccccc3)CC2c2cccnc2)cc1. The number of aromatic nitrogens is 1. The van der Waals surface area contributed by atoms with Crippen molar-refractivity contribution in [3.05, 3.63) is 90.3 Å². The fraction of sp³-hybridized carbons (Fsp3) is 0.100. The molecule has 1 aromatic heterocycles. The highest BCUT2D eigenvalue weighted by atomic mass is 32.2. The van der Waals surface area contributed by atoms with Gasteiger partial charge in [0, 0.05) is 18.8 Å². The van der Waals surface area contributed by atoms with Crippen LogP contribution < -0.4 is 5.01 Å². The highest BCUT2D eigenvalue weighted by molar-refractivity contribution is 7.85. The van der Waals surface area contributed by atoms with Crippen LogP contribution in [0.2, 0.25) is 0 Å². The zero-order valence-electron chi connectivity index (χ0n) is 14.3. The summed E-state index contributed by atoms with van der Waals surface area (Å²) in [5, 5.41) is 6.62. The maximum atomic E-state index is 11.2. The van der Waals surface area contributed by atoms with Crippen LogP contribution in [0.15, 0.2) is 89.1 Å². The predicted octanol–water partition coefficient (Wildman–Crippen LogP) is 3.34. The molecule has 0 saturated heterocycles. The van der Waals surface area contributed by atoms with Crippen molar-refractivity contribution in [1.29, 1.82) is 0 Å². The molecule has 1 aliphatic rings. The molecule has 0 N–H and O–H groups in total. The molecule has 1 aliphatic heterocycles. The normalized spacial score (nSPS) is 17.0. The Kier molecular flexibility index (Phi) is 4.47. The molecule has 2 aromatic carbocycles. The van der Waals surface area contributed by atoms with Crippen LogP contribution in [0, 0.1) is 0 Å².